The van der Waals surface area contributed by atoms with Gasteiger partial charge >= 0.3 is 6.03 Å². The molecule has 1 aliphatic rings. The van der Waals surface area contributed by atoms with E-state index in [-0.39, 0.29) is 11.6 Å². The SMILES string of the molecule is O=C(Nc1ccc(F)c(F)c1)Nc1ccc2[nH]cc(CCC(=O)N3CCCC3)c2c1. The van der Waals surface area contributed by atoms with Gasteiger partial charge in [0.25, 0.3) is 0 Å². The summed E-state index contributed by atoms with van der Waals surface area (Å²) in [5.41, 5.74) is 2.61. The zero-order valence-electron chi connectivity index (χ0n) is 16.3. The Labute approximate surface area is 172 Å². The predicted octanol–water partition coefficient (Wildman–Crippen LogP) is 4.65. The van der Waals surface area contributed by atoms with Gasteiger partial charge in [-0.05, 0) is 55.2 Å². The van der Waals surface area contributed by atoms with Crippen LogP contribution in [0, 0.1) is 11.6 Å². The Balaban J connectivity index is 1.42. The molecule has 0 spiro atoms. The molecule has 0 unspecified atom stereocenters. The van der Waals surface area contributed by atoms with Gasteiger partial charge in [-0.25, -0.2) is 13.6 Å². The number of urea groups is 1. The number of nitrogens with zero attached hydrogens (tertiary/aromatic N) is 1. The molecule has 3 N–H and O–H groups in total. The van der Waals surface area contributed by atoms with Crippen molar-refractivity contribution in [2.45, 2.75) is 25.7 Å². The van der Waals surface area contributed by atoms with E-state index >= 15 is 0 Å². The maximum Gasteiger partial charge on any atom is 0.323 e. The lowest BCUT2D eigenvalue weighted by Crippen LogP contribution is -2.27. The number of aryl methyl sites for hydroxylation is 1. The molecule has 1 saturated heterocycles. The van der Waals surface area contributed by atoms with Crippen LogP contribution >= 0.6 is 0 Å². The number of benzene rings is 2. The molecule has 0 bridgehead atoms. The fourth-order valence-corrected chi connectivity index (χ4v) is 3.70. The van der Waals surface area contributed by atoms with Crippen molar-refractivity contribution >= 4 is 34.2 Å². The van der Waals surface area contributed by atoms with Crippen LogP contribution in [-0.2, 0) is 11.2 Å². The first kappa shape index (κ1) is 19.9. The molecule has 156 valence electrons. The number of fused-ring (bicyclic) bond motifs is 1. The summed E-state index contributed by atoms with van der Waals surface area (Å²) in [5.74, 6) is -1.84. The number of amides is 3. The van der Waals surface area contributed by atoms with Crippen LogP contribution in [-0.4, -0.2) is 34.9 Å². The van der Waals surface area contributed by atoms with Crippen molar-refractivity contribution in [2.24, 2.45) is 0 Å². The van der Waals surface area contributed by atoms with Gasteiger partial charge in [-0.15, -0.1) is 0 Å². The van der Waals surface area contributed by atoms with Gasteiger partial charge in [0.1, 0.15) is 0 Å². The average molecular weight is 412 g/mol. The molecule has 1 aromatic heterocycles. The monoisotopic (exact) mass is 412 g/mol. The number of carbonyl (C=O) groups excluding carboxylic acids is 2. The van der Waals surface area contributed by atoms with Crippen LogP contribution in [0.15, 0.2) is 42.6 Å². The molecule has 0 saturated carbocycles. The minimum Gasteiger partial charge on any atom is -0.361 e. The summed E-state index contributed by atoms with van der Waals surface area (Å²) in [6.45, 7) is 1.68. The standard InChI is InChI=1S/C22H22F2N4O2/c23-18-6-4-16(12-19(18)24)27-22(30)26-15-5-7-20-17(11-15)14(13-25-20)3-8-21(29)28-9-1-2-10-28/h4-7,11-13,25H,1-3,8-10H2,(H2,26,27,30). The maximum atomic E-state index is 13.3. The van der Waals surface area contributed by atoms with Crippen LogP contribution in [0.1, 0.15) is 24.8 Å². The van der Waals surface area contributed by atoms with Crippen LogP contribution in [0.4, 0.5) is 25.0 Å². The Kier molecular flexibility index (Phi) is 5.65. The third-order valence-electron chi connectivity index (χ3n) is 5.27. The molecule has 1 fully saturated rings. The highest BCUT2D eigenvalue weighted by molar-refractivity contribution is 6.01. The van der Waals surface area contributed by atoms with E-state index in [0.717, 1.165) is 54.5 Å². The largest absolute Gasteiger partial charge is 0.361 e. The number of anilines is 2. The van der Waals surface area contributed by atoms with Crippen molar-refractivity contribution < 1.29 is 18.4 Å². The van der Waals surface area contributed by atoms with Crippen LogP contribution in [0.5, 0.6) is 0 Å². The first-order chi connectivity index (χ1) is 14.5. The van der Waals surface area contributed by atoms with Gasteiger partial charge in [0, 0.05) is 54.1 Å². The average Bonchev–Trinajstić information content (AvgIpc) is 3.39. The quantitative estimate of drug-likeness (QED) is 0.571. The van der Waals surface area contributed by atoms with E-state index in [1.165, 1.54) is 6.07 Å². The number of carbonyl (C=O) groups is 2. The third kappa shape index (κ3) is 4.42. The fraction of sp³-hybridized carbons (Fsp3) is 0.273. The number of nitrogens with one attached hydrogen (secondary N) is 3. The van der Waals surface area contributed by atoms with E-state index in [2.05, 4.69) is 15.6 Å². The summed E-state index contributed by atoms with van der Waals surface area (Å²) in [5, 5.41) is 6.09. The Bertz CT molecular complexity index is 1090. The number of hydrogen-bond acceptors (Lipinski definition) is 2. The van der Waals surface area contributed by atoms with Crippen molar-refractivity contribution in [1.29, 1.82) is 0 Å². The lowest BCUT2D eigenvalue weighted by Gasteiger charge is -2.14. The number of likely N-dealkylation sites (tertiary alicyclic amines) is 1. The minimum absolute atomic E-state index is 0.148. The topological polar surface area (TPSA) is 77.2 Å². The van der Waals surface area contributed by atoms with Crippen molar-refractivity contribution in [2.75, 3.05) is 23.7 Å². The highest BCUT2D eigenvalue weighted by Crippen LogP contribution is 2.24. The maximum absolute atomic E-state index is 13.3. The number of H-pyrrole nitrogens is 1. The molecule has 3 amide bonds. The van der Waals surface area contributed by atoms with E-state index in [1.54, 1.807) is 6.07 Å². The first-order valence-corrected chi connectivity index (χ1v) is 9.90. The predicted molar refractivity (Wildman–Crippen MR) is 111 cm³/mol. The Morgan fingerprint density at radius 1 is 0.967 bits per heavy atom. The highest BCUT2D eigenvalue weighted by Gasteiger charge is 2.18. The van der Waals surface area contributed by atoms with Crippen molar-refractivity contribution in [1.82, 2.24) is 9.88 Å². The van der Waals surface area contributed by atoms with Gasteiger partial charge in [-0.3, -0.25) is 4.79 Å². The molecule has 2 aromatic carbocycles. The van der Waals surface area contributed by atoms with Gasteiger partial charge in [0.15, 0.2) is 11.6 Å². The van der Waals surface area contributed by atoms with E-state index in [4.69, 9.17) is 0 Å². The van der Waals surface area contributed by atoms with Crippen molar-refractivity contribution in [3.8, 4) is 0 Å². The van der Waals surface area contributed by atoms with Crippen LogP contribution in [0.3, 0.4) is 0 Å². The number of hydrogen-bond donors (Lipinski definition) is 3. The summed E-state index contributed by atoms with van der Waals surface area (Å²) in [6, 6.07) is 7.99. The second kappa shape index (κ2) is 8.52. The Hall–Kier alpha value is -3.42. The molecular weight excluding hydrogens is 390 g/mol. The number of aromatic nitrogens is 1. The molecule has 1 aliphatic heterocycles. The summed E-state index contributed by atoms with van der Waals surface area (Å²) >= 11 is 0. The highest BCUT2D eigenvalue weighted by atomic mass is 19.2. The van der Waals surface area contributed by atoms with Crippen molar-refractivity contribution in [3.05, 3.63) is 59.8 Å². The third-order valence-corrected chi connectivity index (χ3v) is 5.27. The van der Waals surface area contributed by atoms with Gasteiger partial charge < -0.3 is 20.5 Å². The summed E-state index contributed by atoms with van der Waals surface area (Å²) in [6.07, 6.45) is 5.08. The van der Waals surface area contributed by atoms with Crippen LogP contribution in [0.2, 0.25) is 0 Å². The molecule has 6 nitrogen and oxygen atoms in total. The van der Waals surface area contributed by atoms with E-state index in [0.29, 0.717) is 18.5 Å². The summed E-state index contributed by atoms with van der Waals surface area (Å²) in [4.78, 5) is 29.6. The van der Waals surface area contributed by atoms with Crippen LogP contribution < -0.4 is 10.6 Å². The summed E-state index contributed by atoms with van der Waals surface area (Å²) < 4.78 is 26.3. The van der Waals surface area contributed by atoms with E-state index in [1.807, 2.05) is 23.2 Å². The Morgan fingerprint density at radius 3 is 2.40 bits per heavy atom. The molecule has 0 atom stereocenters. The molecule has 0 aliphatic carbocycles. The second-order valence-corrected chi connectivity index (χ2v) is 7.37. The molecule has 2 heterocycles. The van der Waals surface area contributed by atoms with E-state index in [9.17, 15) is 18.4 Å². The van der Waals surface area contributed by atoms with Crippen LogP contribution in [0.25, 0.3) is 10.9 Å². The zero-order chi connectivity index (χ0) is 21.1. The molecule has 4 rings (SSSR count). The van der Waals surface area contributed by atoms with E-state index < -0.39 is 17.7 Å². The van der Waals surface area contributed by atoms with Gasteiger partial charge in [-0.2, -0.15) is 0 Å². The second-order valence-electron chi connectivity index (χ2n) is 7.37. The normalized spacial score (nSPS) is 13.6. The van der Waals surface area contributed by atoms with Crippen molar-refractivity contribution in [3.63, 3.8) is 0 Å². The first-order valence-electron chi connectivity index (χ1n) is 9.90. The number of rotatable bonds is 5. The molecular formula is C22H22F2N4O2. The fourth-order valence-electron chi connectivity index (χ4n) is 3.70. The summed E-state index contributed by atoms with van der Waals surface area (Å²) in [7, 11) is 0. The lowest BCUT2D eigenvalue weighted by molar-refractivity contribution is -0.130. The zero-order valence-corrected chi connectivity index (χ0v) is 16.3. The Morgan fingerprint density at radius 2 is 1.67 bits per heavy atom. The smallest absolute Gasteiger partial charge is 0.323 e. The molecule has 0 radical (unpaired) electrons. The lowest BCUT2D eigenvalue weighted by atomic mass is 10.1. The molecule has 30 heavy (non-hydrogen) atoms. The van der Waals surface area contributed by atoms with Gasteiger partial charge in [0.05, 0.1) is 0 Å². The number of halogens is 2. The van der Waals surface area contributed by atoms with Gasteiger partial charge in [0.2, 0.25) is 5.91 Å². The molecule has 3 aromatic rings. The molecule has 8 heteroatoms. The minimum atomic E-state index is -1.03. The number of aromatic amines is 1. The van der Waals surface area contributed by atoms with Gasteiger partial charge in [-0.1, -0.05) is 0 Å².